The molecule has 5 nitrogen and oxygen atoms in total. The Kier molecular flexibility index (Phi) is 7.94. The molecule has 1 atom stereocenters. The van der Waals surface area contributed by atoms with Crippen molar-refractivity contribution in [3.63, 3.8) is 0 Å². The van der Waals surface area contributed by atoms with E-state index < -0.39 is 17.7 Å². The van der Waals surface area contributed by atoms with Crippen molar-refractivity contribution >= 4 is 34.7 Å². The number of halogens is 1. The molecule has 0 aliphatic carbocycles. The fourth-order valence-corrected chi connectivity index (χ4v) is 5.05. The zero-order valence-electron chi connectivity index (χ0n) is 23.6. The van der Waals surface area contributed by atoms with E-state index in [2.05, 4.69) is 34.6 Å². The van der Waals surface area contributed by atoms with Crippen LogP contribution in [0.3, 0.4) is 0 Å². The van der Waals surface area contributed by atoms with Crippen LogP contribution >= 0.6 is 11.6 Å². The summed E-state index contributed by atoms with van der Waals surface area (Å²) in [5.41, 5.74) is 4.44. The number of Topliss-reactive ketones (excluding diaryl/α,β-unsaturated/α-hetero) is 1. The standard InChI is InChI=1S/C33H36ClNO4/c1-19(2)18-39-27-15-10-23(16-21(27)4)30(36)28-29(22-8-11-24(12-9-22)33(5,6)7)35(32(38)31(28)37)26-14-13-25(34)17-20(26)3/h8-17,19,29,36H,18H2,1-7H3/b30-28+. The van der Waals surface area contributed by atoms with Crippen molar-refractivity contribution < 1.29 is 19.4 Å². The number of nitrogens with zero attached hydrogens (tertiary/aromatic N) is 1. The first-order valence-corrected chi connectivity index (χ1v) is 13.6. The number of carbonyl (C=O) groups is 2. The van der Waals surface area contributed by atoms with Gasteiger partial charge in [0.15, 0.2) is 0 Å². The number of carbonyl (C=O) groups excluding carboxylic acids is 2. The predicted octanol–water partition coefficient (Wildman–Crippen LogP) is 7.92. The van der Waals surface area contributed by atoms with Crippen LogP contribution in [0.15, 0.2) is 66.2 Å². The van der Waals surface area contributed by atoms with Crippen LogP contribution in [0.25, 0.3) is 5.76 Å². The number of hydrogen-bond acceptors (Lipinski definition) is 4. The van der Waals surface area contributed by atoms with Crippen LogP contribution in [0.1, 0.15) is 68.5 Å². The number of hydrogen-bond donors (Lipinski definition) is 1. The number of aryl methyl sites for hydroxylation is 2. The average Bonchev–Trinajstić information content (AvgIpc) is 3.12. The maximum Gasteiger partial charge on any atom is 0.300 e. The highest BCUT2D eigenvalue weighted by Crippen LogP contribution is 2.44. The minimum atomic E-state index is -0.809. The van der Waals surface area contributed by atoms with Crippen molar-refractivity contribution in [3.05, 3.63) is 99.1 Å². The molecule has 1 N–H and O–H groups in total. The number of ketones is 1. The molecule has 0 spiro atoms. The smallest absolute Gasteiger partial charge is 0.300 e. The maximum absolute atomic E-state index is 13.6. The lowest BCUT2D eigenvalue weighted by Crippen LogP contribution is -2.30. The summed E-state index contributed by atoms with van der Waals surface area (Å²) in [5, 5.41) is 12.1. The van der Waals surface area contributed by atoms with Gasteiger partial charge in [-0.1, -0.05) is 70.5 Å². The highest BCUT2D eigenvalue weighted by atomic mass is 35.5. The molecule has 1 aliphatic rings. The Bertz CT molecular complexity index is 1450. The third kappa shape index (κ3) is 5.74. The summed E-state index contributed by atoms with van der Waals surface area (Å²) in [6.07, 6.45) is 0. The Morgan fingerprint density at radius 1 is 0.974 bits per heavy atom. The van der Waals surface area contributed by atoms with Gasteiger partial charge in [-0.3, -0.25) is 14.5 Å². The average molecular weight is 546 g/mol. The molecule has 0 bridgehead atoms. The monoisotopic (exact) mass is 545 g/mol. The highest BCUT2D eigenvalue weighted by molar-refractivity contribution is 6.51. The van der Waals surface area contributed by atoms with Crippen molar-refractivity contribution in [2.75, 3.05) is 11.5 Å². The van der Waals surface area contributed by atoms with Gasteiger partial charge in [-0.2, -0.15) is 0 Å². The van der Waals surface area contributed by atoms with Crippen LogP contribution < -0.4 is 9.64 Å². The summed E-state index contributed by atoms with van der Waals surface area (Å²) in [6, 6.07) is 17.6. The molecule has 6 heteroatoms. The van der Waals surface area contributed by atoms with Gasteiger partial charge in [0.2, 0.25) is 0 Å². The fourth-order valence-electron chi connectivity index (χ4n) is 4.82. The lowest BCUT2D eigenvalue weighted by molar-refractivity contribution is -0.132. The van der Waals surface area contributed by atoms with Crippen molar-refractivity contribution in [3.8, 4) is 5.75 Å². The first kappa shape index (κ1) is 28.4. The normalized spacial score (nSPS) is 17.3. The molecule has 3 aromatic carbocycles. The molecule has 0 aromatic heterocycles. The summed E-state index contributed by atoms with van der Waals surface area (Å²) >= 11 is 6.20. The van der Waals surface area contributed by atoms with Gasteiger partial charge in [-0.05, 0) is 83.8 Å². The van der Waals surface area contributed by atoms with Crippen molar-refractivity contribution in [1.29, 1.82) is 0 Å². The number of rotatable bonds is 6. The van der Waals surface area contributed by atoms with Crippen LogP contribution in [0, 0.1) is 19.8 Å². The van der Waals surface area contributed by atoms with Gasteiger partial charge >= 0.3 is 0 Å². The zero-order valence-corrected chi connectivity index (χ0v) is 24.4. The number of amides is 1. The number of ether oxygens (including phenoxy) is 1. The van der Waals surface area contributed by atoms with Crippen LogP contribution in [0.4, 0.5) is 5.69 Å². The Morgan fingerprint density at radius 2 is 1.64 bits per heavy atom. The van der Waals surface area contributed by atoms with Gasteiger partial charge in [0, 0.05) is 16.3 Å². The van der Waals surface area contributed by atoms with Crippen LogP contribution in [-0.4, -0.2) is 23.4 Å². The minimum Gasteiger partial charge on any atom is -0.507 e. The molecule has 1 aliphatic heterocycles. The van der Waals surface area contributed by atoms with Gasteiger partial charge in [-0.25, -0.2) is 0 Å². The summed E-state index contributed by atoms with van der Waals surface area (Å²) in [5.74, 6) is -0.558. The number of aliphatic hydroxyl groups is 1. The van der Waals surface area contributed by atoms with E-state index in [1.165, 1.54) is 4.90 Å². The molecule has 3 aromatic rings. The number of benzene rings is 3. The van der Waals surface area contributed by atoms with Crippen LogP contribution in [0.2, 0.25) is 5.02 Å². The maximum atomic E-state index is 13.6. The molecule has 0 radical (unpaired) electrons. The van der Waals surface area contributed by atoms with Gasteiger partial charge in [-0.15, -0.1) is 0 Å². The molecule has 1 saturated heterocycles. The second-order valence-electron chi connectivity index (χ2n) is 11.7. The first-order chi connectivity index (χ1) is 18.3. The van der Waals surface area contributed by atoms with E-state index in [-0.39, 0.29) is 16.7 Å². The Morgan fingerprint density at radius 3 is 2.21 bits per heavy atom. The van der Waals surface area contributed by atoms with E-state index in [0.29, 0.717) is 34.5 Å². The molecule has 1 amide bonds. The SMILES string of the molecule is Cc1cc(/C(O)=C2\C(=O)C(=O)N(c3ccc(Cl)cc3C)C2c2ccc(C(C)(C)C)cc2)ccc1OCC(C)C. The van der Waals surface area contributed by atoms with Gasteiger partial charge in [0.1, 0.15) is 11.5 Å². The Hall–Kier alpha value is -3.57. The van der Waals surface area contributed by atoms with E-state index in [1.54, 1.807) is 36.4 Å². The van der Waals surface area contributed by atoms with Crippen molar-refractivity contribution in [2.24, 2.45) is 5.92 Å². The summed E-state index contributed by atoms with van der Waals surface area (Å²) in [4.78, 5) is 28.6. The minimum absolute atomic E-state index is 0.0492. The van der Waals surface area contributed by atoms with Gasteiger partial charge in [0.25, 0.3) is 11.7 Å². The lowest BCUT2D eigenvalue weighted by Gasteiger charge is -2.28. The van der Waals surface area contributed by atoms with E-state index in [4.69, 9.17) is 16.3 Å². The fraction of sp³-hybridized carbons (Fsp3) is 0.333. The first-order valence-electron chi connectivity index (χ1n) is 13.2. The molecule has 0 saturated carbocycles. The van der Waals surface area contributed by atoms with Crippen LogP contribution in [0.5, 0.6) is 5.75 Å². The summed E-state index contributed by atoms with van der Waals surface area (Å²) < 4.78 is 5.89. The van der Waals surface area contributed by atoms with Gasteiger partial charge < -0.3 is 9.84 Å². The van der Waals surface area contributed by atoms with E-state index in [1.807, 2.05) is 38.1 Å². The lowest BCUT2D eigenvalue weighted by atomic mass is 9.85. The third-order valence-corrected chi connectivity index (χ3v) is 7.21. The molecular formula is C33H36ClNO4. The molecule has 4 rings (SSSR count). The second-order valence-corrected chi connectivity index (χ2v) is 12.1. The number of aliphatic hydroxyl groups excluding tert-OH is 1. The van der Waals surface area contributed by atoms with Gasteiger partial charge in [0.05, 0.1) is 18.2 Å². The molecule has 1 heterocycles. The third-order valence-electron chi connectivity index (χ3n) is 6.98. The second kappa shape index (κ2) is 10.9. The predicted molar refractivity (Wildman–Crippen MR) is 158 cm³/mol. The van der Waals surface area contributed by atoms with E-state index in [9.17, 15) is 14.7 Å². The summed E-state index contributed by atoms with van der Waals surface area (Å²) in [7, 11) is 0. The Labute approximate surface area is 236 Å². The quantitative estimate of drug-likeness (QED) is 0.194. The molecular weight excluding hydrogens is 510 g/mol. The molecule has 204 valence electrons. The summed E-state index contributed by atoms with van der Waals surface area (Å²) in [6.45, 7) is 14.8. The largest absolute Gasteiger partial charge is 0.507 e. The van der Waals surface area contributed by atoms with E-state index >= 15 is 0 Å². The Balaban J connectivity index is 1.88. The van der Waals surface area contributed by atoms with Crippen molar-refractivity contribution in [1.82, 2.24) is 0 Å². The number of anilines is 1. The molecule has 39 heavy (non-hydrogen) atoms. The highest BCUT2D eigenvalue weighted by Gasteiger charge is 2.47. The topological polar surface area (TPSA) is 66.8 Å². The van der Waals surface area contributed by atoms with Crippen LogP contribution in [-0.2, 0) is 15.0 Å². The molecule has 1 unspecified atom stereocenters. The van der Waals surface area contributed by atoms with E-state index in [0.717, 1.165) is 22.3 Å². The molecule has 1 fully saturated rings. The van der Waals surface area contributed by atoms with Crippen molar-refractivity contribution in [2.45, 2.75) is 59.9 Å². The zero-order chi connectivity index (χ0) is 28.6.